The van der Waals surface area contributed by atoms with Crippen LogP contribution in [0.5, 0.6) is 0 Å². The van der Waals surface area contributed by atoms with Crippen molar-refractivity contribution in [2.75, 3.05) is 0 Å². The number of benzene rings is 1. The molecule has 0 unspecified atom stereocenters. The minimum Gasteiger partial charge on any atom is -0.478 e. The highest BCUT2D eigenvalue weighted by atomic mass is 35.5. The fourth-order valence-electron chi connectivity index (χ4n) is 1.14. The van der Waals surface area contributed by atoms with E-state index in [1.807, 2.05) is 0 Å². The highest BCUT2D eigenvalue weighted by molar-refractivity contribution is 7.22. The first-order valence-electron chi connectivity index (χ1n) is 3.59. The summed E-state index contributed by atoms with van der Waals surface area (Å²) in [6.07, 6.45) is 0. The van der Waals surface area contributed by atoms with Gasteiger partial charge in [0.2, 0.25) is 0 Å². The Kier molecular flexibility index (Phi) is 1.98. The lowest BCUT2D eigenvalue weighted by Gasteiger charge is -1.92. The normalized spacial score (nSPS) is 10.5. The van der Waals surface area contributed by atoms with E-state index in [1.165, 1.54) is 11.3 Å². The third-order valence-corrected chi connectivity index (χ3v) is 2.98. The van der Waals surface area contributed by atoms with Gasteiger partial charge in [0, 0.05) is 4.70 Å². The van der Waals surface area contributed by atoms with Crippen LogP contribution in [0.4, 0.5) is 0 Å². The lowest BCUT2D eigenvalue weighted by molar-refractivity contribution is 0.0697. The highest BCUT2D eigenvalue weighted by Crippen LogP contribution is 2.29. The zero-order chi connectivity index (χ0) is 9.42. The van der Waals surface area contributed by atoms with Gasteiger partial charge in [-0.2, -0.15) is 0 Å². The predicted octanol–water partition coefficient (Wildman–Crippen LogP) is 3.25. The number of carbonyl (C=O) groups is 1. The van der Waals surface area contributed by atoms with Crippen molar-refractivity contribution in [3.63, 3.8) is 0 Å². The quantitative estimate of drug-likeness (QED) is 0.788. The third-order valence-electron chi connectivity index (χ3n) is 1.73. The van der Waals surface area contributed by atoms with Crippen molar-refractivity contribution in [2.45, 2.75) is 0 Å². The summed E-state index contributed by atoms with van der Waals surface area (Å²) in [5, 5.41) is 9.61. The molecule has 0 aliphatic rings. The Hall–Kier alpha value is -1.06. The molecule has 1 aromatic carbocycles. The molecule has 13 heavy (non-hydrogen) atoms. The van der Waals surface area contributed by atoms with Crippen LogP contribution < -0.4 is 0 Å². The zero-order valence-corrected chi connectivity index (χ0v) is 8.02. The summed E-state index contributed by atoms with van der Waals surface area (Å²) in [7, 11) is 0. The SMILES string of the molecule is O=C(O)c1ccc2sc(Cl)cc2c1. The van der Waals surface area contributed by atoms with Crippen LogP contribution in [0.3, 0.4) is 0 Å². The van der Waals surface area contributed by atoms with Crippen LogP contribution in [0.2, 0.25) is 4.34 Å². The minimum atomic E-state index is -0.913. The fraction of sp³-hybridized carbons (Fsp3) is 0. The van der Waals surface area contributed by atoms with Crippen molar-refractivity contribution in [2.24, 2.45) is 0 Å². The van der Waals surface area contributed by atoms with Gasteiger partial charge >= 0.3 is 5.97 Å². The van der Waals surface area contributed by atoms with Crippen LogP contribution in [0, 0.1) is 0 Å². The van der Waals surface area contributed by atoms with Gasteiger partial charge in [-0.25, -0.2) is 4.79 Å². The van der Waals surface area contributed by atoms with Gasteiger partial charge < -0.3 is 5.11 Å². The first-order chi connectivity index (χ1) is 6.16. The maximum atomic E-state index is 10.6. The van der Waals surface area contributed by atoms with Crippen LogP contribution >= 0.6 is 22.9 Å². The van der Waals surface area contributed by atoms with Crippen LogP contribution in [0.1, 0.15) is 10.4 Å². The van der Waals surface area contributed by atoms with Crippen molar-refractivity contribution in [1.29, 1.82) is 0 Å². The molecule has 4 heteroatoms. The van der Waals surface area contributed by atoms with Crippen LogP contribution in [-0.2, 0) is 0 Å². The molecule has 2 rings (SSSR count). The van der Waals surface area contributed by atoms with Gasteiger partial charge in [0.15, 0.2) is 0 Å². The molecular formula is C9H5ClO2S. The second-order valence-corrected chi connectivity index (χ2v) is 4.32. The van der Waals surface area contributed by atoms with Gasteiger partial charge in [0.25, 0.3) is 0 Å². The molecule has 2 aromatic rings. The van der Waals surface area contributed by atoms with Crippen LogP contribution in [-0.4, -0.2) is 11.1 Å². The first-order valence-corrected chi connectivity index (χ1v) is 4.78. The van der Waals surface area contributed by atoms with Gasteiger partial charge in [-0.05, 0) is 29.7 Å². The molecule has 66 valence electrons. The largest absolute Gasteiger partial charge is 0.478 e. The Morgan fingerprint density at radius 3 is 2.85 bits per heavy atom. The number of carboxylic acid groups (broad SMARTS) is 1. The fourth-order valence-corrected chi connectivity index (χ4v) is 2.28. The second kappa shape index (κ2) is 3.01. The Labute approximate surface area is 83.4 Å². The molecule has 2 nitrogen and oxygen atoms in total. The summed E-state index contributed by atoms with van der Waals surface area (Å²) in [5.74, 6) is -0.913. The van der Waals surface area contributed by atoms with Crippen molar-refractivity contribution >= 4 is 39.0 Å². The Morgan fingerprint density at radius 1 is 1.38 bits per heavy atom. The summed E-state index contributed by atoms with van der Waals surface area (Å²) in [4.78, 5) is 10.6. The molecule has 0 bridgehead atoms. The van der Waals surface area contributed by atoms with Crippen molar-refractivity contribution in [3.05, 3.63) is 34.2 Å². The second-order valence-electron chi connectivity index (χ2n) is 2.61. The number of hydrogen-bond acceptors (Lipinski definition) is 2. The average molecular weight is 213 g/mol. The molecule has 0 amide bonds. The van der Waals surface area contributed by atoms with Crippen molar-refractivity contribution in [1.82, 2.24) is 0 Å². The predicted molar refractivity (Wildman–Crippen MR) is 53.8 cm³/mol. The van der Waals surface area contributed by atoms with Gasteiger partial charge in [-0.15, -0.1) is 11.3 Å². The lowest BCUT2D eigenvalue weighted by Crippen LogP contribution is -1.94. The number of aromatic carboxylic acids is 1. The molecule has 1 heterocycles. The number of rotatable bonds is 1. The molecule has 0 saturated carbocycles. The number of fused-ring (bicyclic) bond motifs is 1. The minimum absolute atomic E-state index is 0.293. The Morgan fingerprint density at radius 2 is 2.15 bits per heavy atom. The molecule has 0 aliphatic heterocycles. The van der Waals surface area contributed by atoms with Gasteiger partial charge in [-0.1, -0.05) is 11.6 Å². The number of halogens is 1. The summed E-state index contributed by atoms with van der Waals surface area (Å²) >= 11 is 7.23. The molecule has 1 N–H and O–H groups in total. The van der Waals surface area contributed by atoms with Crippen molar-refractivity contribution < 1.29 is 9.90 Å². The van der Waals surface area contributed by atoms with E-state index in [1.54, 1.807) is 24.3 Å². The van der Waals surface area contributed by atoms with Gasteiger partial charge in [-0.3, -0.25) is 0 Å². The average Bonchev–Trinajstić information content (AvgIpc) is 2.42. The first kappa shape index (κ1) is 8.53. The topological polar surface area (TPSA) is 37.3 Å². The van der Waals surface area contributed by atoms with E-state index in [2.05, 4.69) is 0 Å². The zero-order valence-electron chi connectivity index (χ0n) is 6.45. The maximum Gasteiger partial charge on any atom is 0.335 e. The molecule has 1 aromatic heterocycles. The number of thiophene rings is 1. The summed E-state index contributed by atoms with van der Waals surface area (Å²) in [6.45, 7) is 0. The molecule has 0 atom stereocenters. The molecule has 0 fully saturated rings. The standard InChI is InChI=1S/C9H5ClO2S/c10-8-4-6-3-5(9(11)12)1-2-7(6)13-8/h1-4H,(H,11,12). The smallest absolute Gasteiger partial charge is 0.335 e. The molecule has 0 radical (unpaired) electrons. The van der Waals surface area contributed by atoms with Crippen LogP contribution in [0.15, 0.2) is 24.3 Å². The number of carboxylic acids is 1. The molecule has 0 aliphatic carbocycles. The third kappa shape index (κ3) is 1.53. The molecular weight excluding hydrogens is 208 g/mol. The Bertz CT molecular complexity index is 475. The van der Waals surface area contributed by atoms with E-state index < -0.39 is 5.97 Å². The number of hydrogen-bond donors (Lipinski definition) is 1. The lowest BCUT2D eigenvalue weighted by atomic mass is 10.2. The van der Waals surface area contributed by atoms with E-state index in [-0.39, 0.29) is 0 Å². The van der Waals surface area contributed by atoms with Gasteiger partial charge in [0.05, 0.1) is 9.90 Å². The van der Waals surface area contributed by atoms with Crippen molar-refractivity contribution in [3.8, 4) is 0 Å². The van der Waals surface area contributed by atoms with E-state index in [0.717, 1.165) is 10.1 Å². The molecule has 0 saturated heterocycles. The van der Waals surface area contributed by atoms with E-state index in [0.29, 0.717) is 9.90 Å². The maximum absolute atomic E-state index is 10.6. The van der Waals surface area contributed by atoms with E-state index >= 15 is 0 Å². The Balaban J connectivity index is 2.67. The summed E-state index contributed by atoms with van der Waals surface area (Å²) < 4.78 is 1.69. The van der Waals surface area contributed by atoms with E-state index in [9.17, 15) is 4.79 Å². The van der Waals surface area contributed by atoms with Crippen LogP contribution in [0.25, 0.3) is 10.1 Å². The molecule has 0 spiro atoms. The monoisotopic (exact) mass is 212 g/mol. The summed E-state index contributed by atoms with van der Waals surface area (Å²) in [5.41, 5.74) is 0.293. The van der Waals surface area contributed by atoms with Gasteiger partial charge in [0.1, 0.15) is 0 Å². The van der Waals surface area contributed by atoms with E-state index in [4.69, 9.17) is 16.7 Å². The highest BCUT2D eigenvalue weighted by Gasteiger charge is 2.05. The summed E-state index contributed by atoms with van der Waals surface area (Å²) in [6, 6.07) is 6.75.